The highest BCUT2D eigenvalue weighted by Crippen LogP contribution is 2.39. The maximum atomic E-state index is 7.00. The van der Waals surface area contributed by atoms with Crippen molar-refractivity contribution in [3.05, 3.63) is 35.9 Å². The summed E-state index contributed by atoms with van der Waals surface area (Å²) in [6.07, 6.45) is 5.97. The first-order valence-electron chi connectivity index (χ1n) is 6.50. The minimum atomic E-state index is -0.325. The molecule has 1 N–H and O–H groups in total. The molecular weight excluding hydrogens is 239 g/mol. The number of aliphatic hydroxyl groups excluding tert-OH is 1. The molecule has 3 nitrogen and oxygen atoms in total. The summed E-state index contributed by atoms with van der Waals surface area (Å²) < 4.78 is 12.0. The van der Waals surface area contributed by atoms with E-state index in [2.05, 4.69) is 34.3 Å². The SMILES string of the molecule is C=C(C)/C(=C\C=C/C)B1OC(C)(C)C(C)(C)O1.CO. The molecule has 0 aromatic rings. The third-order valence-electron chi connectivity index (χ3n) is 3.47. The minimum absolute atomic E-state index is 0.303. The average molecular weight is 266 g/mol. The third kappa shape index (κ3) is 4.34. The van der Waals surface area contributed by atoms with Crippen LogP contribution in [-0.4, -0.2) is 30.5 Å². The van der Waals surface area contributed by atoms with Crippen LogP contribution in [0.1, 0.15) is 41.5 Å². The van der Waals surface area contributed by atoms with Gasteiger partial charge >= 0.3 is 7.12 Å². The van der Waals surface area contributed by atoms with Crippen LogP contribution in [0.5, 0.6) is 0 Å². The van der Waals surface area contributed by atoms with Crippen molar-refractivity contribution in [3.8, 4) is 0 Å². The molecule has 0 saturated carbocycles. The molecule has 1 fully saturated rings. The van der Waals surface area contributed by atoms with Crippen LogP contribution in [0.15, 0.2) is 35.9 Å². The summed E-state index contributed by atoms with van der Waals surface area (Å²) in [6, 6.07) is 0. The lowest BCUT2D eigenvalue weighted by Crippen LogP contribution is -2.41. The molecule has 1 aliphatic rings. The summed E-state index contributed by atoms with van der Waals surface area (Å²) >= 11 is 0. The molecule has 0 bridgehead atoms. The lowest BCUT2D eigenvalue weighted by molar-refractivity contribution is 0.00578. The second-order valence-electron chi connectivity index (χ2n) is 5.52. The monoisotopic (exact) mass is 266 g/mol. The van der Waals surface area contributed by atoms with Crippen molar-refractivity contribution in [2.24, 2.45) is 0 Å². The predicted molar refractivity (Wildman–Crippen MR) is 81.9 cm³/mol. The smallest absolute Gasteiger partial charge is 0.400 e. The molecule has 0 amide bonds. The van der Waals surface area contributed by atoms with Crippen molar-refractivity contribution in [2.75, 3.05) is 7.11 Å². The summed E-state index contributed by atoms with van der Waals surface area (Å²) in [5.41, 5.74) is 1.37. The van der Waals surface area contributed by atoms with Gasteiger partial charge in [0.15, 0.2) is 0 Å². The molecule has 108 valence electrons. The Kier molecular flexibility index (Phi) is 6.77. The van der Waals surface area contributed by atoms with Crippen LogP contribution in [0.4, 0.5) is 0 Å². The van der Waals surface area contributed by atoms with Crippen LogP contribution in [0.3, 0.4) is 0 Å². The van der Waals surface area contributed by atoms with E-state index in [1.807, 2.05) is 32.1 Å². The van der Waals surface area contributed by atoms with Crippen LogP contribution in [0.2, 0.25) is 0 Å². The van der Waals surface area contributed by atoms with E-state index in [9.17, 15) is 0 Å². The molecule has 19 heavy (non-hydrogen) atoms. The molecule has 1 heterocycles. The van der Waals surface area contributed by atoms with Gasteiger partial charge in [0.1, 0.15) is 0 Å². The summed E-state index contributed by atoms with van der Waals surface area (Å²) in [7, 11) is 0.675. The van der Waals surface area contributed by atoms with Gasteiger partial charge in [0.2, 0.25) is 0 Å². The second kappa shape index (κ2) is 7.08. The molecule has 0 aromatic heterocycles. The van der Waals surface area contributed by atoms with E-state index in [1.165, 1.54) is 0 Å². The first kappa shape index (κ1) is 18.2. The molecule has 0 aromatic carbocycles. The Balaban J connectivity index is 0.00000154. The fraction of sp³-hybridized carbons (Fsp3) is 0.600. The molecule has 0 atom stereocenters. The van der Waals surface area contributed by atoms with Crippen molar-refractivity contribution >= 4 is 7.12 Å². The largest absolute Gasteiger partial charge is 0.495 e. The molecule has 0 spiro atoms. The maximum absolute atomic E-state index is 7.00. The molecule has 1 saturated heterocycles. The quantitative estimate of drug-likeness (QED) is 0.629. The number of hydrogen-bond acceptors (Lipinski definition) is 3. The molecule has 0 unspecified atom stereocenters. The first-order valence-corrected chi connectivity index (χ1v) is 6.50. The van der Waals surface area contributed by atoms with Gasteiger partial charge in [-0.3, -0.25) is 0 Å². The van der Waals surface area contributed by atoms with Gasteiger partial charge in [0.25, 0.3) is 0 Å². The third-order valence-corrected chi connectivity index (χ3v) is 3.47. The lowest BCUT2D eigenvalue weighted by atomic mass is 9.74. The van der Waals surface area contributed by atoms with Crippen LogP contribution in [0.25, 0.3) is 0 Å². The van der Waals surface area contributed by atoms with E-state index < -0.39 is 0 Å². The van der Waals surface area contributed by atoms with Gasteiger partial charge in [-0.1, -0.05) is 30.4 Å². The van der Waals surface area contributed by atoms with Gasteiger partial charge in [-0.15, -0.1) is 0 Å². The fourth-order valence-electron chi connectivity index (χ4n) is 1.59. The van der Waals surface area contributed by atoms with Gasteiger partial charge in [-0.25, -0.2) is 0 Å². The summed E-state index contributed by atoms with van der Waals surface area (Å²) in [5.74, 6) is 0. The normalized spacial score (nSPS) is 21.3. The molecule has 4 heteroatoms. The molecule has 1 rings (SSSR count). The van der Waals surface area contributed by atoms with E-state index in [4.69, 9.17) is 14.4 Å². The zero-order valence-electron chi connectivity index (χ0n) is 13.3. The van der Waals surface area contributed by atoms with Crippen molar-refractivity contribution in [1.29, 1.82) is 0 Å². The van der Waals surface area contributed by atoms with Gasteiger partial charge in [-0.2, -0.15) is 0 Å². The van der Waals surface area contributed by atoms with Crippen molar-refractivity contribution < 1.29 is 14.4 Å². The van der Waals surface area contributed by atoms with Crippen LogP contribution in [-0.2, 0) is 9.31 Å². The van der Waals surface area contributed by atoms with E-state index in [-0.39, 0.29) is 18.3 Å². The number of hydrogen-bond donors (Lipinski definition) is 1. The van der Waals surface area contributed by atoms with Crippen molar-refractivity contribution in [1.82, 2.24) is 0 Å². The van der Waals surface area contributed by atoms with Crippen LogP contribution < -0.4 is 0 Å². The summed E-state index contributed by atoms with van der Waals surface area (Å²) in [6.45, 7) is 16.2. The second-order valence-corrected chi connectivity index (χ2v) is 5.52. The summed E-state index contributed by atoms with van der Waals surface area (Å²) in [4.78, 5) is 0. The van der Waals surface area contributed by atoms with Crippen LogP contribution in [0, 0.1) is 0 Å². The van der Waals surface area contributed by atoms with E-state index in [0.717, 1.165) is 18.2 Å². The predicted octanol–water partition coefficient (Wildman–Crippen LogP) is 3.30. The maximum Gasteiger partial charge on any atom is 0.495 e. The Hall–Kier alpha value is -0.835. The molecule has 0 aliphatic carbocycles. The highest BCUT2D eigenvalue weighted by Gasteiger charge is 2.52. The van der Waals surface area contributed by atoms with Gasteiger partial charge in [-0.05, 0) is 47.0 Å². The van der Waals surface area contributed by atoms with Gasteiger partial charge < -0.3 is 14.4 Å². The Bertz CT molecular complexity index is 352. The molecular formula is C15H27BO3. The summed E-state index contributed by atoms with van der Waals surface area (Å²) in [5, 5.41) is 7.00. The zero-order chi connectivity index (χ0) is 15.3. The highest BCUT2D eigenvalue weighted by molar-refractivity contribution is 6.56. The van der Waals surface area contributed by atoms with E-state index in [0.29, 0.717) is 0 Å². The average Bonchev–Trinajstić information content (AvgIpc) is 2.50. The fourth-order valence-corrected chi connectivity index (χ4v) is 1.59. The van der Waals surface area contributed by atoms with Crippen molar-refractivity contribution in [2.45, 2.75) is 52.7 Å². The molecule has 0 radical (unpaired) electrons. The van der Waals surface area contributed by atoms with Gasteiger partial charge in [0, 0.05) is 7.11 Å². The zero-order valence-corrected chi connectivity index (χ0v) is 13.3. The number of allylic oxidation sites excluding steroid dienone is 5. The Morgan fingerprint density at radius 2 is 1.53 bits per heavy atom. The highest BCUT2D eigenvalue weighted by atomic mass is 16.7. The Morgan fingerprint density at radius 3 is 1.84 bits per heavy atom. The topological polar surface area (TPSA) is 38.7 Å². The number of rotatable bonds is 3. The molecule has 1 aliphatic heterocycles. The Labute approximate surface area is 118 Å². The Morgan fingerprint density at radius 1 is 1.11 bits per heavy atom. The van der Waals surface area contributed by atoms with Crippen LogP contribution >= 0.6 is 0 Å². The van der Waals surface area contributed by atoms with E-state index in [1.54, 1.807) is 0 Å². The first-order chi connectivity index (χ1) is 8.71. The minimum Gasteiger partial charge on any atom is -0.400 e. The van der Waals surface area contributed by atoms with Crippen molar-refractivity contribution in [3.63, 3.8) is 0 Å². The standard InChI is InChI=1S/C14H23BO2.CH4O/c1-8-9-10-12(11(2)3)15-16-13(4,5)14(6,7)17-15;1-2/h8-10H,2H2,1,3-7H3;2H,1H3/b9-8-,12-10+;. The van der Waals surface area contributed by atoms with Gasteiger partial charge in [0.05, 0.1) is 11.2 Å². The number of aliphatic hydroxyl groups is 1. The lowest BCUT2D eigenvalue weighted by Gasteiger charge is -2.32. The van der Waals surface area contributed by atoms with E-state index >= 15 is 0 Å².